The van der Waals surface area contributed by atoms with E-state index in [1.54, 1.807) is 19.1 Å². The third-order valence-electron chi connectivity index (χ3n) is 6.51. The Kier molecular flexibility index (Phi) is 4.54. The molecule has 144 valence electrons. The molecule has 1 aromatic heterocycles. The minimum Gasteiger partial charge on any atom is -0.462 e. The van der Waals surface area contributed by atoms with Gasteiger partial charge in [0.2, 0.25) is 0 Å². The maximum absolute atomic E-state index is 12.7. The first kappa shape index (κ1) is 18.4. The second-order valence-electron chi connectivity index (χ2n) is 7.76. The van der Waals surface area contributed by atoms with E-state index in [2.05, 4.69) is 16.3 Å². The zero-order valence-corrected chi connectivity index (χ0v) is 16.1. The van der Waals surface area contributed by atoms with Crippen LogP contribution >= 0.6 is 0 Å². The third-order valence-corrected chi connectivity index (χ3v) is 6.51. The normalized spacial score (nSPS) is 28.8. The lowest BCUT2D eigenvalue weighted by atomic mass is 9.51. The number of nitrogens with one attached hydrogen (secondary N) is 1. The number of carbonyl (C=O) groups excluding carboxylic acids is 2. The number of aromatic nitrogens is 2. The monoisotopic (exact) mass is 377 g/mol. The fourth-order valence-electron chi connectivity index (χ4n) is 5.20. The molecule has 2 aliphatic rings. The standard InChI is InChI=1S/C22H23N3O3/c1-3-28-21(27)14-4-7-17(8-5-14)22-10-16(11-23)19(26)13(2)18(22)9-6-15-12-24-25-20(15)22/h4-5,7-8,12-13,16,18H,3,6,9-10H2,1-2H3,(H,24,25)/t13-,16?,18-,22+/m0/s1. The van der Waals surface area contributed by atoms with E-state index in [-0.39, 0.29) is 23.6 Å². The molecule has 6 heteroatoms. The van der Waals surface area contributed by atoms with Gasteiger partial charge in [-0.3, -0.25) is 9.89 Å². The second kappa shape index (κ2) is 6.90. The van der Waals surface area contributed by atoms with Crippen molar-refractivity contribution in [1.82, 2.24) is 10.2 Å². The van der Waals surface area contributed by atoms with Crippen LogP contribution in [0.2, 0.25) is 0 Å². The molecule has 0 bridgehead atoms. The van der Waals surface area contributed by atoms with Crippen molar-refractivity contribution in [1.29, 1.82) is 5.26 Å². The number of hydrogen-bond donors (Lipinski definition) is 1. The molecule has 1 unspecified atom stereocenters. The summed E-state index contributed by atoms with van der Waals surface area (Å²) in [6, 6.07) is 9.64. The van der Waals surface area contributed by atoms with Crippen LogP contribution in [-0.4, -0.2) is 28.6 Å². The van der Waals surface area contributed by atoms with Crippen LogP contribution in [0.25, 0.3) is 0 Å². The molecular formula is C22H23N3O3. The Bertz CT molecular complexity index is 956. The van der Waals surface area contributed by atoms with Gasteiger partial charge in [0.15, 0.2) is 5.78 Å². The zero-order valence-electron chi connectivity index (χ0n) is 16.1. The van der Waals surface area contributed by atoms with E-state index in [0.717, 1.165) is 29.7 Å². The molecule has 0 spiro atoms. The predicted molar refractivity (Wildman–Crippen MR) is 101 cm³/mol. The number of H-pyrrole nitrogens is 1. The molecule has 6 nitrogen and oxygen atoms in total. The molecule has 0 saturated heterocycles. The number of rotatable bonds is 3. The van der Waals surface area contributed by atoms with Crippen LogP contribution < -0.4 is 0 Å². The van der Waals surface area contributed by atoms with E-state index in [9.17, 15) is 14.9 Å². The fourth-order valence-corrected chi connectivity index (χ4v) is 5.20. The van der Waals surface area contributed by atoms with Gasteiger partial charge in [-0.1, -0.05) is 19.1 Å². The smallest absolute Gasteiger partial charge is 0.338 e. The first-order valence-corrected chi connectivity index (χ1v) is 9.76. The minimum atomic E-state index is -0.648. The average molecular weight is 377 g/mol. The van der Waals surface area contributed by atoms with Crippen molar-refractivity contribution in [2.24, 2.45) is 17.8 Å². The number of aryl methyl sites for hydroxylation is 1. The summed E-state index contributed by atoms with van der Waals surface area (Å²) in [6.07, 6.45) is 4.03. The van der Waals surface area contributed by atoms with E-state index in [4.69, 9.17) is 4.74 Å². The SMILES string of the molecule is CCOC(=O)c1ccc([C@]23CC(C#N)C(=O)[C@@H](C)[C@@H]2CCc2cn[nH]c23)cc1. The zero-order chi connectivity index (χ0) is 19.9. The van der Waals surface area contributed by atoms with E-state index in [1.165, 1.54) is 0 Å². The molecule has 0 aliphatic heterocycles. The first-order valence-electron chi connectivity index (χ1n) is 9.76. The van der Waals surface area contributed by atoms with E-state index in [1.807, 2.05) is 25.3 Å². The highest BCUT2D eigenvalue weighted by atomic mass is 16.5. The summed E-state index contributed by atoms with van der Waals surface area (Å²) < 4.78 is 5.08. The number of ketones is 1. The molecule has 4 rings (SSSR count). The van der Waals surface area contributed by atoms with E-state index >= 15 is 0 Å². The molecule has 1 heterocycles. The predicted octanol–water partition coefficient (Wildman–Crippen LogP) is 3.18. The average Bonchev–Trinajstić information content (AvgIpc) is 3.20. The van der Waals surface area contributed by atoms with Gasteiger partial charge in [-0.15, -0.1) is 0 Å². The van der Waals surface area contributed by atoms with Crippen LogP contribution in [0.3, 0.4) is 0 Å². The molecular weight excluding hydrogens is 354 g/mol. The molecule has 4 atom stereocenters. The number of fused-ring (bicyclic) bond motifs is 3. The number of aromatic amines is 1. The topological polar surface area (TPSA) is 95.8 Å². The summed E-state index contributed by atoms with van der Waals surface area (Å²) in [5.74, 6) is -1.08. The maximum atomic E-state index is 12.7. The van der Waals surface area contributed by atoms with Gasteiger partial charge in [-0.25, -0.2) is 4.79 Å². The van der Waals surface area contributed by atoms with Crippen LogP contribution in [0, 0.1) is 29.1 Å². The Morgan fingerprint density at radius 2 is 2.14 bits per heavy atom. The lowest BCUT2D eigenvalue weighted by molar-refractivity contribution is -0.131. The lowest BCUT2D eigenvalue weighted by Gasteiger charge is -2.50. The number of carbonyl (C=O) groups is 2. The highest BCUT2D eigenvalue weighted by molar-refractivity contribution is 5.90. The van der Waals surface area contributed by atoms with Crippen molar-refractivity contribution in [3.63, 3.8) is 0 Å². The molecule has 1 fully saturated rings. The maximum Gasteiger partial charge on any atom is 0.338 e. The first-order chi connectivity index (χ1) is 13.5. The number of ether oxygens (including phenoxy) is 1. The molecule has 2 aromatic rings. The Balaban J connectivity index is 1.85. The Morgan fingerprint density at radius 1 is 1.39 bits per heavy atom. The van der Waals surface area contributed by atoms with Crippen molar-refractivity contribution in [2.75, 3.05) is 6.61 Å². The van der Waals surface area contributed by atoms with Gasteiger partial charge in [-0.05, 0) is 55.4 Å². The highest BCUT2D eigenvalue weighted by Gasteiger charge is 2.56. The fraction of sp³-hybridized carbons (Fsp3) is 0.455. The summed E-state index contributed by atoms with van der Waals surface area (Å²) in [5, 5.41) is 17.1. The largest absolute Gasteiger partial charge is 0.462 e. The second-order valence-corrected chi connectivity index (χ2v) is 7.76. The van der Waals surface area contributed by atoms with Crippen molar-refractivity contribution in [3.8, 4) is 6.07 Å². The Labute approximate surface area is 163 Å². The van der Waals surface area contributed by atoms with Gasteiger partial charge in [0.25, 0.3) is 0 Å². The molecule has 1 saturated carbocycles. The van der Waals surface area contributed by atoms with Gasteiger partial charge in [0.1, 0.15) is 5.92 Å². The Hall–Kier alpha value is -2.94. The molecule has 1 N–H and O–H groups in total. The summed E-state index contributed by atoms with van der Waals surface area (Å²) in [7, 11) is 0. The third kappa shape index (κ3) is 2.57. The van der Waals surface area contributed by atoms with Crippen molar-refractivity contribution in [2.45, 2.75) is 38.5 Å². The highest BCUT2D eigenvalue weighted by Crippen LogP contribution is 2.55. The number of esters is 1. The van der Waals surface area contributed by atoms with Crippen molar-refractivity contribution >= 4 is 11.8 Å². The number of hydrogen-bond acceptors (Lipinski definition) is 5. The van der Waals surface area contributed by atoms with E-state index < -0.39 is 11.3 Å². The van der Waals surface area contributed by atoms with Gasteiger partial charge in [-0.2, -0.15) is 10.4 Å². The summed E-state index contributed by atoms with van der Waals surface area (Å²) in [4.78, 5) is 24.8. The van der Waals surface area contributed by atoms with Crippen LogP contribution in [0.1, 0.15) is 53.9 Å². The van der Waals surface area contributed by atoms with Crippen LogP contribution in [0.4, 0.5) is 0 Å². The Morgan fingerprint density at radius 3 is 2.82 bits per heavy atom. The molecule has 1 aromatic carbocycles. The van der Waals surface area contributed by atoms with E-state index in [0.29, 0.717) is 18.6 Å². The van der Waals surface area contributed by atoms with Crippen molar-refractivity contribution < 1.29 is 14.3 Å². The molecule has 28 heavy (non-hydrogen) atoms. The minimum absolute atomic E-state index is 0.0363. The summed E-state index contributed by atoms with van der Waals surface area (Å²) >= 11 is 0. The number of benzene rings is 1. The molecule has 0 amide bonds. The van der Waals surface area contributed by atoms with Crippen LogP contribution in [0.5, 0.6) is 0 Å². The number of Topliss-reactive ketones (excluding diaryl/α,β-unsaturated/α-hetero) is 1. The summed E-state index contributed by atoms with van der Waals surface area (Å²) in [5.41, 5.74) is 3.17. The summed E-state index contributed by atoms with van der Waals surface area (Å²) in [6.45, 7) is 4.05. The van der Waals surface area contributed by atoms with Gasteiger partial charge in [0, 0.05) is 17.0 Å². The van der Waals surface area contributed by atoms with Crippen LogP contribution in [0.15, 0.2) is 30.5 Å². The number of nitrogens with zero attached hydrogens (tertiary/aromatic N) is 2. The van der Waals surface area contributed by atoms with Gasteiger partial charge in [0.05, 0.1) is 24.4 Å². The molecule has 2 aliphatic carbocycles. The number of nitriles is 1. The van der Waals surface area contributed by atoms with Crippen LogP contribution in [-0.2, 0) is 21.4 Å². The lowest BCUT2D eigenvalue weighted by Crippen LogP contribution is -2.52. The van der Waals surface area contributed by atoms with Crippen molar-refractivity contribution in [3.05, 3.63) is 52.8 Å². The van der Waals surface area contributed by atoms with Gasteiger partial charge < -0.3 is 4.74 Å². The van der Waals surface area contributed by atoms with Gasteiger partial charge >= 0.3 is 5.97 Å². The quantitative estimate of drug-likeness (QED) is 0.829. The molecule has 0 radical (unpaired) electrons.